The molecular formula is C17H15FN4O. The third kappa shape index (κ3) is 3.60. The van der Waals surface area contributed by atoms with Crippen LogP contribution in [0.4, 0.5) is 4.39 Å². The van der Waals surface area contributed by atoms with Gasteiger partial charge in [-0.1, -0.05) is 18.2 Å². The maximum absolute atomic E-state index is 12.8. The van der Waals surface area contributed by atoms with Crippen LogP contribution in [0.2, 0.25) is 0 Å². The lowest BCUT2D eigenvalue weighted by Gasteiger charge is -2.03. The highest BCUT2D eigenvalue weighted by Gasteiger charge is 2.10. The minimum atomic E-state index is -0.301. The van der Waals surface area contributed by atoms with Crippen LogP contribution in [0, 0.1) is 12.7 Å². The number of imidazole rings is 1. The molecule has 116 valence electrons. The number of benzene rings is 1. The van der Waals surface area contributed by atoms with E-state index in [-0.39, 0.29) is 11.7 Å². The molecule has 0 aliphatic heterocycles. The van der Waals surface area contributed by atoms with Gasteiger partial charge in [0.2, 0.25) is 0 Å². The third-order valence-electron chi connectivity index (χ3n) is 3.32. The molecule has 0 saturated heterocycles. The van der Waals surface area contributed by atoms with Crippen LogP contribution in [0.5, 0.6) is 0 Å². The Morgan fingerprint density at radius 3 is 2.74 bits per heavy atom. The Balaban J connectivity index is 1.67. The molecule has 1 amide bonds. The molecule has 0 radical (unpaired) electrons. The van der Waals surface area contributed by atoms with E-state index in [1.54, 1.807) is 29.2 Å². The van der Waals surface area contributed by atoms with E-state index in [1.807, 2.05) is 25.1 Å². The van der Waals surface area contributed by atoms with E-state index in [9.17, 15) is 9.18 Å². The van der Waals surface area contributed by atoms with Gasteiger partial charge in [0, 0.05) is 18.4 Å². The molecule has 2 heterocycles. The average molecular weight is 310 g/mol. The van der Waals surface area contributed by atoms with Crippen molar-refractivity contribution < 1.29 is 9.18 Å². The summed E-state index contributed by atoms with van der Waals surface area (Å²) in [6, 6.07) is 11.6. The van der Waals surface area contributed by atoms with E-state index in [0.29, 0.717) is 18.1 Å². The summed E-state index contributed by atoms with van der Waals surface area (Å²) >= 11 is 0. The number of nitrogens with one attached hydrogen (secondary N) is 1. The Morgan fingerprint density at radius 1 is 1.22 bits per heavy atom. The quantitative estimate of drug-likeness (QED) is 0.806. The Bertz CT molecular complexity index is 827. The van der Waals surface area contributed by atoms with Crippen molar-refractivity contribution in [1.29, 1.82) is 0 Å². The predicted molar refractivity (Wildman–Crippen MR) is 83.7 cm³/mol. The summed E-state index contributed by atoms with van der Waals surface area (Å²) in [5.41, 5.74) is 2.01. The topological polar surface area (TPSA) is 59.8 Å². The molecule has 3 rings (SSSR count). The number of hydrogen-bond acceptors (Lipinski definition) is 3. The molecule has 2 aromatic heterocycles. The maximum atomic E-state index is 12.8. The van der Waals surface area contributed by atoms with E-state index in [1.165, 1.54) is 12.1 Å². The van der Waals surface area contributed by atoms with E-state index < -0.39 is 0 Å². The second kappa shape index (κ2) is 6.39. The van der Waals surface area contributed by atoms with Gasteiger partial charge >= 0.3 is 0 Å². The summed E-state index contributed by atoms with van der Waals surface area (Å²) in [7, 11) is 0. The fourth-order valence-corrected chi connectivity index (χ4v) is 2.11. The molecule has 0 saturated carbocycles. The Hall–Kier alpha value is -3.02. The molecule has 1 aromatic carbocycles. The van der Waals surface area contributed by atoms with Crippen molar-refractivity contribution in [3.8, 4) is 5.82 Å². The summed E-state index contributed by atoms with van der Waals surface area (Å²) in [6.45, 7) is 2.21. The molecule has 0 fully saturated rings. The summed E-state index contributed by atoms with van der Waals surface area (Å²) in [5.74, 6) is 0.111. The Labute approximate surface area is 132 Å². The molecule has 1 N–H and O–H groups in total. The molecular weight excluding hydrogens is 295 g/mol. The van der Waals surface area contributed by atoms with Crippen molar-refractivity contribution in [3.63, 3.8) is 0 Å². The van der Waals surface area contributed by atoms with Crippen LogP contribution < -0.4 is 5.32 Å². The minimum absolute atomic E-state index is 0.291. The minimum Gasteiger partial charge on any atom is -0.347 e. The van der Waals surface area contributed by atoms with E-state index in [0.717, 1.165) is 11.3 Å². The lowest BCUT2D eigenvalue weighted by Crippen LogP contribution is -2.23. The van der Waals surface area contributed by atoms with Crippen LogP contribution in [-0.2, 0) is 6.54 Å². The van der Waals surface area contributed by atoms with Crippen molar-refractivity contribution >= 4 is 5.91 Å². The van der Waals surface area contributed by atoms with Gasteiger partial charge in [0.15, 0.2) is 0 Å². The summed E-state index contributed by atoms with van der Waals surface area (Å²) < 4.78 is 14.5. The molecule has 0 spiro atoms. The zero-order valence-corrected chi connectivity index (χ0v) is 12.5. The van der Waals surface area contributed by atoms with Crippen LogP contribution in [0.1, 0.15) is 21.7 Å². The fourth-order valence-electron chi connectivity index (χ4n) is 2.11. The lowest BCUT2D eigenvalue weighted by atomic mass is 10.2. The standard InChI is InChI=1S/C17H15FN4O/c1-12-3-2-4-16(21-12)22-10-15(20-11-22)17(23)19-9-13-5-7-14(18)8-6-13/h2-8,10-11H,9H2,1H3,(H,19,23). The highest BCUT2D eigenvalue weighted by molar-refractivity contribution is 5.92. The van der Waals surface area contributed by atoms with Crippen molar-refractivity contribution in [2.75, 3.05) is 0 Å². The number of nitrogens with zero attached hydrogens (tertiary/aromatic N) is 3. The summed E-state index contributed by atoms with van der Waals surface area (Å²) in [4.78, 5) is 20.6. The zero-order valence-electron chi connectivity index (χ0n) is 12.5. The molecule has 0 atom stereocenters. The Kier molecular flexibility index (Phi) is 4.14. The number of amides is 1. The molecule has 3 aromatic rings. The molecule has 5 nitrogen and oxygen atoms in total. The molecule has 0 unspecified atom stereocenters. The first kappa shape index (κ1) is 14.9. The van der Waals surface area contributed by atoms with Gasteiger partial charge in [0.1, 0.15) is 23.7 Å². The maximum Gasteiger partial charge on any atom is 0.271 e. The van der Waals surface area contributed by atoms with Gasteiger partial charge in [0.05, 0.1) is 0 Å². The predicted octanol–water partition coefficient (Wildman–Crippen LogP) is 2.64. The van der Waals surface area contributed by atoms with Gasteiger partial charge in [-0.3, -0.25) is 9.36 Å². The number of carbonyl (C=O) groups is 1. The number of rotatable bonds is 4. The normalized spacial score (nSPS) is 10.5. The van der Waals surface area contributed by atoms with E-state index in [2.05, 4.69) is 15.3 Å². The number of hydrogen-bond donors (Lipinski definition) is 1. The second-order valence-corrected chi connectivity index (χ2v) is 5.11. The zero-order chi connectivity index (χ0) is 16.2. The largest absolute Gasteiger partial charge is 0.347 e. The van der Waals surface area contributed by atoms with Crippen molar-refractivity contribution in [3.05, 3.63) is 77.8 Å². The molecule has 0 bridgehead atoms. The second-order valence-electron chi connectivity index (χ2n) is 5.11. The van der Waals surface area contributed by atoms with Gasteiger partial charge in [0.25, 0.3) is 5.91 Å². The van der Waals surface area contributed by atoms with Crippen LogP contribution >= 0.6 is 0 Å². The molecule has 0 aliphatic carbocycles. The monoisotopic (exact) mass is 310 g/mol. The highest BCUT2D eigenvalue weighted by Crippen LogP contribution is 2.07. The lowest BCUT2D eigenvalue weighted by molar-refractivity contribution is 0.0946. The number of pyridine rings is 1. The van der Waals surface area contributed by atoms with E-state index >= 15 is 0 Å². The van der Waals surface area contributed by atoms with Gasteiger partial charge in [-0.25, -0.2) is 14.4 Å². The van der Waals surface area contributed by atoms with Crippen molar-refractivity contribution in [2.24, 2.45) is 0 Å². The van der Waals surface area contributed by atoms with Crippen molar-refractivity contribution in [2.45, 2.75) is 13.5 Å². The third-order valence-corrected chi connectivity index (χ3v) is 3.32. The fraction of sp³-hybridized carbons (Fsp3) is 0.118. The first-order valence-electron chi connectivity index (χ1n) is 7.12. The van der Waals surface area contributed by atoms with Gasteiger partial charge in [-0.2, -0.15) is 0 Å². The average Bonchev–Trinajstić information content (AvgIpc) is 3.04. The van der Waals surface area contributed by atoms with Crippen LogP contribution in [-0.4, -0.2) is 20.4 Å². The summed E-state index contributed by atoms with van der Waals surface area (Å²) in [6.07, 6.45) is 3.18. The Morgan fingerprint density at radius 2 is 2.00 bits per heavy atom. The smallest absolute Gasteiger partial charge is 0.271 e. The van der Waals surface area contributed by atoms with Crippen LogP contribution in [0.25, 0.3) is 5.82 Å². The van der Waals surface area contributed by atoms with Gasteiger partial charge in [-0.05, 0) is 36.8 Å². The van der Waals surface area contributed by atoms with Gasteiger partial charge < -0.3 is 5.32 Å². The summed E-state index contributed by atoms with van der Waals surface area (Å²) in [5, 5.41) is 2.75. The number of halogens is 1. The first-order valence-corrected chi connectivity index (χ1v) is 7.12. The van der Waals surface area contributed by atoms with Crippen LogP contribution in [0.15, 0.2) is 55.0 Å². The molecule has 0 aliphatic rings. The number of aryl methyl sites for hydroxylation is 1. The molecule has 23 heavy (non-hydrogen) atoms. The molecule has 6 heteroatoms. The SMILES string of the molecule is Cc1cccc(-n2cnc(C(=O)NCc3ccc(F)cc3)c2)n1. The number of aromatic nitrogens is 3. The van der Waals surface area contributed by atoms with Gasteiger partial charge in [-0.15, -0.1) is 0 Å². The van der Waals surface area contributed by atoms with Crippen molar-refractivity contribution in [1.82, 2.24) is 19.9 Å². The van der Waals surface area contributed by atoms with Crippen LogP contribution in [0.3, 0.4) is 0 Å². The highest BCUT2D eigenvalue weighted by atomic mass is 19.1. The number of carbonyl (C=O) groups excluding carboxylic acids is 1. The first-order chi connectivity index (χ1) is 11.1. The van der Waals surface area contributed by atoms with E-state index in [4.69, 9.17) is 0 Å².